The molecule has 56 valence electrons. The molecular formula is C4H11NO3S. The third kappa shape index (κ3) is 2.11. The van der Waals surface area contributed by atoms with Gasteiger partial charge in [-0.25, -0.2) is 0 Å². The van der Waals surface area contributed by atoms with Gasteiger partial charge in [0.15, 0.2) is 0 Å². The summed E-state index contributed by atoms with van der Waals surface area (Å²) in [5, 5.41) is 11.5. The van der Waals surface area contributed by atoms with Crippen LogP contribution in [0.25, 0.3) is 0 Å². The fourth-order valence-electron chi connectivity index (χ4n) is 0.784. The molecule has 0 radical (unpaired) electrons. The first-order valence-electron chi connectivity index (χ1n) is 2.75. The Balaban J connectivity index is 2.41. The molecule has 0 aromatic carbocycles. The molecule has 1 aliphatic rings. The zero-order valence-corrected chi connectivity index (χ0v) is 5.77. The SMILES string of the molecule is OC1CS(O)(O)CCN1. The monoisotopic (exact) mass is 153 g/mol. The van der Waals surface area contributed by atoms with E-state index in [-0.39, 0.29) is 5.75 Å². The van der Waals surface area contributed by atoms with E-state index < -0.39 is 16.8 Å². The molecule has 4 nitrogen and oxygen atoms in total. The Hall–Kier alpha value is 0.190. The minimum absolute atomic E-state index is 0.0764. The van der Waals surface area contributed by atoms with Gasteiger partial charge in [0.05, 0.1) is 11.5 Å². The maximum Gasteiger partial charge on any atom is 0.122 e. The fourth-order valence-corrected chi connectivity index (χ4v) is 2.02. The van der Waals surface area contributed by atoms with Crippen molar-refractivity contribution in [2.45, 2.75) is 6.23 Å². The summed E-state index contributed by atoms with van der Waals surface area (Å²) in [4.78, 5) is 0. The van der Waals surface area contributed by atoms with Crippen LogP contribution in [0.4, 0.5) is 0 Å². The molecule has 4 N–H and O–H groups in total. The third-order valence-electron chi connectivity index (χ3n) is 1.23. The number of hydrogen-bond donors (Lipinski definition) is 4. The Bertz CT molecular complexity index is 108. The van der Waals surface area contributed by atoms with Gasteiger partial charge in [0.25, 0.3) is 0 Å². The van der Waals surface area contributed by atoms with E-state index in [9.17, 15) is 0 Å². The van der Waals surface area contributed by atoms with Crippen LogP contribution in [0.15, 0.2) is 0 Å². The molecule has 1 heterocycles. The lowest BCUT2D eigenvalue weighted by molar-refractivity contribution is 0.153. The zero-order chi connectivity index (χ0) is 6.91. The number of rotatable bonds is 0. The maximum atomic E-state index is 8.98. The highest BCUT2D eigenvalue weighted by molar-refractivity contribution is 8.24. The summed E-state index contributed by atoms with van der Waals surface area (Å²) < 4.78 is 18.0. The smallest absolute Gasteiger partial charge is 0.122 e. The average molecular weight is 153 g/mol. The summed E-state index contributed by atoms with van der Waals surface area (Å²) in [6.07, 6.45) is -0.733. The second kappa shape index (κ2) is 2.43. The van der Waals surface area contributed by atoms with Crippen LogP contribution in [0.3, 0.4) is 0 Å². The third-order valence-corrected chi connectivity index (χ3v) is 2.94. The number of aliphatic hydroxyl groups excluding tert-OH is 1. The van der Waals surface area contributed by atoms with Crippen LogP contribution in [0, 0.1) is 0 Å². The van der Waals surface area contributed by atoms with E-state index in [1.54, 1.807) is 0 Å². The van der Waals surface area contributed by atoms with Gasteiger partial charge in [0.1, 0.15) is 6.23 Å². The van der Waals surface area contributed by atoms with Crippen molar-refractivity contribution in [1.29, 1.82) is 0 Å². The van der Waals surface area contributed by atoms with Crippen LogP contribution in [0.1, 0.15) is 0 Å². The Morgan fingerprint density at radius 1 is 1.44 bits per heavy atom. The van der Waals surface area contributed by atoms with Gasteiger partial charge >= 0.3 is 0 Å². The molecule has 0 saturated carbocycles. The highest BCUT2D eigenvalue weighted by Crippen LogP contribution is 2.39. The summed E-state index contributed by atoms with van der Waals surface area (Å²) in [5.41, 5.74) is 0. The second-order valence-corrected chi connectivity index (χ2v) is 4.49. The lowest BCUT2D eigenvalue weighted by atomic mass is 10.6. The molecule has 1 unspecified atom stereocenters. The minimum Gasteiger partial charge on any atom is -0.377 e. The van der Waals surface area contributed by atoms with Crippen molar-refractivity contribution >= 4 is 10.6 Å². The van der Waals surface area contributed by atoms with Crippen molar-refractivity contribution in [1.82, 2.24) is 5.32 Å². The average Bonchev–Trinajstić information content (AvgIpc) is 1.60. The highest BCUT2D eigenvalue weighted by Gasteiger charge is 2.22. The normalized spacial score (nSPS) is 37.9. The van der Waals surface area contributed by atoms with Crippen molar-refractivity contribution in [3.8, 4) is 0 Å². The Labute approximate surface area is 55.2 Å². The molecule has 0 spiro atoms. The zero-order valence-electron chi connectivity index (χ0n) is 4.95. The van der Waals surface area contributed by atoms with Crippen LogP contribution in [-0.2, 0) is 0 Å². The summed E-state index contributed by atoms with van der Waals surface area (Å²) in [6.45, 7) is 0.490. The van der Waals surface area contributed by atoms with Gasteiger partial charge < -0.3 is 5.11 Å². The largest absolute Gasteiger partial charge is 0.377 e. The van der Waals surface area contributed by atoms with Gasteiger partial charge in [-0.2, -0.15) is 10.6 Å². The van der Waals surface area contributed by atoms with Gasteiger partial charge in [-0.15, -0.1) is 0 Å². The van der Waals surface area contributed by atoms with E-state index in [4.69, 9.17) is 14.2 Å². The van der Waals surface area contributed by atoms with Crippen molar-refractivity contribution in [3.63, 3.8) is 0 Å². The number of aliphatic hydroxyl groups is 1. The predicted molar refractivity (Wildman–Crippen MR) is 36.6 cm³/mol. The summed E-state index contributed by atoms with van der Waals surface area (Å²) in [6, 6.07) is 0. The van der Waals surface area contributed by atoms with E-state index in [1.807, 2.05) is 0 Å². The van der Waals surface area contributed by atoms with Crippen molar-refractivity contribution < 1.29 is 14.2 Å². The van der Waals surface area contributed by atoms with E-state index in [2.05, 4.69) is 5.32 Å². The van der Waals surface area contributed by atoms with Crippen molar-refractivity contribution in [3.05, 3.63) is 0 Å². The molecule has 1 rings (SSSR count). The number of nitrogens with one attached hydrogen (secondary N) is 1. The molecule has 0 aromatic heterocycles. The van der Waals surface area contributed by atoms with Gasteiger partial charge in [-0.1, -0.05) is 0 Å². The van der Waals surface area contributed by atoms with Crippen LogP contribution >= 0.6 is 10.6 Å². The molecule has 9 heavy (non-hydrogen) atoms. The van der Waals surface area contributed by atoms with E-state index >= 15 is 0 Å². The second-order valence-electron chi connectivity index (χ2n) is 2.14. The first kappa shape index (κ1) is 7.30. The van der Waals surface area contributed by atoms with Gasteiger partial charge in [0.2, 0.25) is 0 Å². The summed E-state index contributed by atoms with van der Waals surface area (Å²) in [7, 11) is -2.44. The fraction of sp³-hybridized carbons (Fsp3) is 1.00. The first-order valence-corrected chi connectivity index (χ1v) is 4.64. The van der Waals surface area contributed by atoms with Crippen LogP contribution in [0.2, 0.25) is 0 Å². The maximum absolute atomic E-state index is 8.98. The minimum atomic E-state index is -2.44. The predicted octanol–water partition coefficient (Wildman–Crippen LogP) is -0.341. The molecular weight excluding hydrogens is 142 g/mol. The van der Waals surface area contributed by atoms with Crippen molar-refractivity contribution in [2.24, 2.45) is 0 Å². The van der Waals surface area contributed by atoms with Gasteiger partial charge in [-0.3, -0.25) is 14.4 Å². The molecule has 5 heteroatoms. The van der Waals surface area contributed by atoms with Gasteiger partial charge in [-0.05, 0) is 0 Å². The quantitative estimate of drug-likeness (QED) is 0.384. The molecule has 1 aliphatic heterocycles. The Kier molecular flexibility index (Phi) is 1.97. The standard InChI is InChI=1S/C4H11NO3S/c6-4-3-9(7,8)2-1-5-4/h4-8H,1-3H2. The molecule has 0 aromatic rings. The number of hydrogen-bond acceptors (Lipinski definition) is 4. The molecule has 0 aliphatic carbocycles. The molecule has 0 bridgehead atoms. The van der Waals surface area contributed by atoms with Crippen LogP contribution in [-0.4, -0.2) is 38.5 Å². The van der Waals surface area contributed by atoms with Gasteiger partial charge in [0, 0.05) is 6.54 Å². The highest BCUT2D eigenvalue weighted by atomic mass is 32.3. The first-order chi connectivity index (χ1) is 4.10. The van der Waals surface area contributed by atoms with E-state index in [1.165, 1.54) is 0 Å². The summed E-state index contributed by atoms with van der Waals surface area (Å²) >= 11 is 0. The molecule has 1 saturated heterocycles. The van der Waals surface area contributed by atoms with Crippen molar-refractivity contribution in [2.75, 3.05) is 18.1 Å². The van der Waals surface area contributed by atoms with E-state index in [0.29, 0.717) is 12.3 Å². The Morgan fingerprint density at radius 2 is 2.11 bits per heavy atom. The molecule has 1 atom stereocenters. The Morgan fingerprint density at radius 3 is 2.44 bits per heavy atom. The molecule has 1 fully saturated rings. The summed E-state index contributed by atoms with van der Waals surface area (Å²) in [5.74, 6) is 0.442. The lowest BCUT2D eigenvalue weighted by Gasteiger charge is -2.38. The van der Waals surface area contributed by atoms with Crippen LogP contribution in [0.5, 0.6) is 0 Å². The lowest BCUT2D eigenvalue weighted by Crippen LogP contribution is -2.42. The topological polar surface area (TPSA) is 72.7 Å². The molecule has 0 amide bonds. The van der Waals surface area contributed by atoms with E-state index in [0.717, 1.165) is 0 Å². The van der Waals surface area contributed by atoms with Crippen LogP contribution < -0.4 is 5.32 Å².